The summed E-state index contributed by atoms with van der Waals surface area (Å²) >= 11 is 0. The Kier molecular flexibility index (Phi) is 5.75. The van der Waals surface area contributed by atoms with E-state index >= 15 is 0 Å². The van der Waals surface area contributed by atoms with Gasteiger partial charge in [-0.1, -0.05) is 13.3 Å². The zero-order valence-electron chi connectivity index (χ0n) is 19.6. The molecule has 2 bridgehead atoms. The van der Waals surface area contributed by atoms with Crippen LogP contribution in [0, 0.1) is 23.7 Å². The maximum absolute atomic E-state index is 13.3. The molecular formula is C25H37NO6. The molecule has 178 valence electrons. The van der Waals surface area contributed by atoms with E-state index in [0.29, 0.717) is 18.5 Å². The fraction of sp³-hybridized carbons (Fsp3) is 0.880. The Morgan fingerprint density at radius 1 is 1.09 bits per heavy atom. The molecular weight excluding hydrogens is 410 g/mol. The smallest absolute Gasteiger partial charge is 0.320 e. The van der Waals surface area contributed by atoms with Gasteiger partial charge in [-0.25, -0.2) is 0 Å². The first-order chi connectivity index (χ1) is 15.3. The van der Waals surface area contributed by atoms with Gasteiger partial charge in [0.05, 0.1) is 18.4 Å². The largest absolute Gasteiger partial charge is 0.459 e. The van der Waals surface area contributed by atoms with E-state index in [2.05, 4.69) is 25.7 Å². The number of esters is 3. The van der Waals surface area contributed by atoms with Crippen molar-refractivity contribution in [1.29, 1.82) is 0 Å². The van der Waals surface area contributed by atoms with E-state index in [1.165, 1.54) is 6.42 Å². The summed E-state index contributed by atoms with van der Waals surface area (Å²) < 4.78 is 17.7. The third kappa shape index (κ3) is 3.55. The van der Waals surface area contributed by atoms with Crippen molar-refractivity contribution in [2.45, 2.75) is 108 Å². The van der Waals surface area contributed by atoms with Gasteiger partial charge < -0.3 is 14.2 Å². The first-order valence-corrected chi connectivity index (χ1v) is 12.7. The molecule has 3 saturated carbocycles. The molecule has 2 aliphatic heterocycles. The molecule has 7 heteroatoms. The molecule has 7 nitrogen and oxygen atoms in total. The number of nitrogens with zero attached hydrogens (tertiary/aromatic N) is 1. The van der Waals surface area contributed by atoms with E-state index in [0.717, 1.165) is 44.9 Å². The van der Waals surface area contributed by atoms with Crippen molar-refractivity contribution in [2.75, 3.05) is 6.54 Å². The molecule has 3 aliphatic carbocycles. The number of ether oxygens (including phenoxy) is 3. The van der Waals surface area contributed by atoms with Crippen LogP contribution in [0.25, 0.3) is 0 Å². The summed E-state index contributed by atoms with van der Waals surface area (Å²) in [7, 11) is 0. The van der Waals surface area contributed by atoms with Crippen LogP contribution in [0.3, 0.4) is 0 Å². The summed E-state index contributed by atoms with van der Waals surface area (Å²) in [6.45, 7) is 6.62. The van der Waals surface area contributed by atoms with Gasteiger partial charge in [-0.15, -0.1) is 0 Å². The lowest BCUT2D eigenvalue weighted by Gasteiger charge is -2.39. The van der Waals surface area contributed by atoms with Gasteiger partial charge in [0.2, 0.25) is 0 Å². The summed E-state index contributed by atoms with van der Waals surface area (Å²) in [5, 5.41) is 0. The van der Waals surface area contributed by atoms with Gasteiger partial charge in [-0.2, -0.15) is 0 Å². The highest BCUT2D eigenvalue weighted by molar-refractivity contribution is 5.86. The molecule has 8 unspecified atom stereocenters. The van der Waals surface area contributed by atoms with Crippen LogP contribution in [-0.4, -0.2) is 59.2 Å². The Balaban J connectivity index is 1.29. The molecule has 0 aromatic rings. The fourth-order valence-corrected chi connectivity index (χ4v) is 7.42. The van der Waals surface area contributed by atoms with Crippen molar-refractivity contribution in [3.8, 4) is 0 Å². The molecule has 0 N–H and O–H groups in total. The molecule has 8 atom stereocenters. The van der Waals surface area contributed by atoms with Crippen LogP contribution in [-0.2, 0) is 28.6 Å². The average Bonchev–Trinajstić information content (AvgIpc) is 3.49. The number of hydrogen-bond donors (Lipinski definition) is 0. The van der Waals surface area contributed by atoms with Crippen LogP contribution in [0.15, 0.2) is 0 Å². The summed E-state index contributed by atoms with van der Waals surface area (Å²) in [6.07, 6.45) is 7.80. The summed E-state index contributed by atoms with van der Waals surface area (Å²) in [6, 6.07) is 0.693. The SMILES string of the molecule is CCC1(OC(=O)C2C3CC4C(OC(=O)C42)C3OC(=O)CN2C(C)CCCC2C)CCCC1. The van der Waals surface area contributed by atoms with Crippen molar-refractivity contribution in [1.82, 2.24) is 4.90 Å². The minimum atomic E-state index is -0.555. The normalized spacial score (nSPS) is 42.2. The number of carbonyl (C=O) groups excluding carboxylic acids is 3. The maximum atomic E-state index is 13.3. The highest BCUT2D eigenvalue weighted by Gasteiger charge is 2.70. The van der Waals surface area contributed by atoms with Crippen LogP contribution in [0.4, 0.5) is 0 Å². The van der Waals surface area contributed by atoms with Gasteiger partial charge in [0.25, 0.3) is 0 Å². The summed E-state index contributed by atoms with van der Waals surface area (Å²) in [5.74, 6) is -2.12. The minimum Gasteiger partial charge on any atom is -0.459 e. The van der Waals surface area contributed by atoms with E-state index in [1.807, 2.05) is 0 Å². The summed E-state index contributed by atoms with van der Waals surface area (Å²) in [4.78, 5) is 41.1. The number of piperidine rings is 1. The number of rotatable bonds is 6. The second-order valence-electron chi connectivity index (χ2n) is 10.9. The first-order valence-electron chi connectivity index (χ1n) is 12.7. The molecule has 2 heterocycles. The number of likely N-dealkylation sites (tertiary alicyclic amines) is 1. The maximum Gasteiger partial charge on any atom is 0.320 e. The topological polar surface area (TPSA) is 82.1 Å². The van der Waals surface area contributed by atoms with Gasteiger partial charge in [-0.05, 0) is 65.2 Å². The predicted octanol–water partition coefficient (Wildman–Crippen LogP) is 3.23. The monoisotopic (exact) mass is 447 g/mol. The molecule has 32 heavy (non-hydrogen) atoms. The van der Waals surface area contributed by atoms with Gasteiger partial charge in [0, 0.05) is 23.9 Å². The highest BCUT2D eigenvalue weighted by Crippen LogP contribution is 2.59. The Bertz CT molecular complexity index is 766. The van der Waals surface area contributed by atoms with Gasteiger partial charge in [0.1, 0.15) is 17.8 Å². The Hall–Kier alpha value is -1.63. The molecule has 2 saturated heterocycles. The first kappa shape index (κ1) is 22.2. The van der Waals surface area contributed by atoms with Crippen molar-refractivity contribution in [3.63, 3.8) is 0 Å². The molecule has 5 aliphatic rings. The zero-order chi connectivity index (χ0) is 22.6. The van der Waals surface area contributed by atoms with Crippen molar-refractivity contribution in [2.24, 2.45) is 23.7 Å². The number of hydrogen-bond acceptors (Lipinski definition) is 7. The molecule has 0 radical (unpaired) electrons. The molecule has 5 rings (SSSR count). The van der Waals surface area contributed by atoms with Crippen LogP contribution in [0.2, 0.25) is 0 Å². The zero-order valence-corrected chi connectivity index (χ0v) is 19.6. The van der Waals surface area contributed by atoms with E-state index in [1.54, 1.807) is 0 Å². The average molecular weight is 448 g/mol. The lowest BCUT2D eigenvalue weighted by molar-refractivity contribution is -0.175. The lowest BCUT2D eigenvalue weighted by atomic mass is 9.78. The van der Waals surface area contributed by atoms with Gasteiger partial charge in [0.15, 0.2) is 0 Å². The molecule has 0 aromatic heterocycles. The predicted molar refractivity (Wildman–Crippen MR) is 115 cm³/mol. The van der Waals surface area contributed by atoms with Crippen LogP contribution in [0.1, 0.15) is 78.6 Å². The van der Waals surface area contributed by atoms with E-state index in [-0.39, 0.29) is 36.3 Å². The van der Waals surface area contributed by atoms with Crippen LogP contribution in [0.5, 0.6) is 0 Å². The quantitative estimate of drug-likeness (QED) is 0.457. The fourth-order valence-electron chi connectivity index (χ4n) is 7.42. The molecule has 0 aromatic carbocycles. The van der Waals surface area contributed by atoms with E-state index < -0.39 is 29.6 Å². The Labute approximate surface area is 190 Å². The summed E-state index contributed by atoms with van der Waals surface area (Å²) in [5.41, 5.74) is -0.395. The van der Waals surface area contributed by atoms with Gasteiger partial charge >= 0.3 is 17.9 Å². The van der Waals surface area contributed by atoms with Crippen LogP contribution >= 0.6 is 0 Å². The highest BCUT2D eigenvalue weighted by atomic mass is 16.6. The van der Waals surface area contributed by atoms with Crippen LogP contribution < -0.4 is 0 Å². The van der Waals surface area contributed by atoms with E-state index in [4.69, 9.17) is 14.2 Å². The van der Waals surface area contributed by atoms with Crippen molar-refractivity contribution >= 4 is 17.9 Å². The minimum absolute atomic E-state index is 0.0446. The molecule has 5 fully saturated rings. The van der Waals surface area contributed by atoms with Crippen molar-refractivity contribution < 1.29 is 28.6 Å². The molecule has 0 amide bonds. The Morgan fingerprint density at radius 3 is 2.44 bits per heavy atom. The number of carbonyl (C=O) groups is 3. The third-order valence-corrected chi connectivity index (χ3v) is 9.25. The van der Waals surface area contributed by atoms with Crippen molar-refractivity contribution in [3.05, 3.63) is 0 Å². The second-order valence-corrected chi connectivity index (χ2v) is 10.9. The Morgan fingerprint density at radius 2 is 1.78 bits per heavy atom. The number of fused-ring (bicyclic) bond motifs is 1. The lowest BCUT2D eigenvalue weighted by Crippen LogP contribution is -2.49. The standard InChI is InChI=1S/C25H37NO6/c1-4-25(10-5-6-11-25)32-24(29)20-17-12-16-19(20)23(28)31-22(16)21(17)30-18(27)13-26-14(2)8-7-9-15(26)3/h14-17,19-22H,4-13H2,1-3H3. The molecule has 0 spiro atoms. The van der Waals surface area contributed by atoms with Gasteiger partial charge in [-0.3, -0.25) is 19.3 Å². The second kappa shape index (κ2) is 8.30. The van der Waals surface area contributed by atoms with E-state index in [9.17, 15) is 14.4 Å². The third-order valence-electron chi connectivity index (χ3n) is 9.25.